The summed E-state index contributed by atoms with van der Waals surface area (Å²) in [5.41, 5.74) is 4.63. The molecule has 3 heteroatoms. The van der Waals surface area contributed by atoms with Gasteiger partial charge in [0.1, 0.15) is 0 Å². The van der Waals surface area contributed by atoms with Crippen LogP contribution in [0.4, 0.5) is 0 Å². The van der Waals surface area contributed by atoms with Crippen molar-refractivity contribution in [3.05, 3.63) is 54.1 Å². The number of aromatic nitrogens is 1. The number of benzene rings is 2. The maximum Gasteiger partial charge on any atom is 0.0856 e. The largest absolute Gasteiger partial charge is 0.354 e. The number of hydrogen-bond donors (Lipinski definition) is 1. The molecule has 0 bridgehead atoms. The summed E-state index contributed by atoms with van der Waals surface area (Å²) >= 11 is 1.60. The molecule has 0 spiro atoms. The first-order valence-corrected chi connectivity index (χ1v) is 7.46. The third-order valence-electron chi connectivity index (χ3n) is 3.33. The first-order valence-electron chi connectivity index (χ1n) is 6.47. The molecule has 0 atom stereocenters. The van der Waals surface area contributed by atoms with Crippen molar-refractivity contribution in [3.63, 3.8) is 0 Å². The molecule has 0 radical (unpaired) electrons. The van der Waals surface area contributed by atoms with E-state index in [4.69, 9.17) is 5.26 Å². The first-order chi connectivity index (χ1) is 9.81. The number of H-pyrrole nitrogens is 1. The second-order valence-electron chi connectivity index (χ2n) is 4.64. The Morgan fingerprint density at radius 2 is 1.90 bits per heavy atom. The summed E-state index contributed by atoms with van der Waals surface area (Å²) in [5.74, 6) is 0.459. The van der Waals surface area contributed by atoms with E-state index in [2.05, 4.69) is 48.3 Å². The van der Waals surface area contributed by atoms with Crippen molar-refractivity contribution in [1.82, 2.24) is 4.98 Å². The maximum absolute atomic E-state index is 8.89. The molecule has 1 aromatic heterocycles. The molecule has 0 aliphatic carbocycles. The van der Waals surface area contributed by atoms with E-state index < -0.39 is 0 Å². The van der Waals surface area contributed by atoms with Gasteiger partial charge in [0.05, 0.1) is 17.5 Å². The van der Waals surface area contributed by atoms with Crippen LogP contribution in [0.5, 0.6) is 0 Å². The Hall–Kier alpha value is -2.18. The van der Waals surface area contributed by atoms with Gasteiger partial charge in [0.15, 0.2) is 0 Å². The van der Waals surface area contributed by atoms with Gasteiger partial charge in [0.2, 0.25) is 0 Å². The molecule has 20 heavy (non-hydrogen) atoms. The van der Waals surface area contributed by atoms with Gasteiger partial charge in [-0.15, -0.1) is 11.8 Å². The van der Waals surface area contributed by atoms with E-state index in [1.54, 1.807) is 11.8 Å². The van der Waals surface area contributed by atoms with Crippen molar-refractivity contribution < 1.29 is 0 Å². The SMILES string of the molecule is Cc1cccc2[nH]c(-c3ccccc3)c(SCC#N)c12. The van der Waals surface area contributed by atoms with Crippen LogP contribution in [0.15, 0.2) is 53.4 Å². The molecule has 3 aromatic rings. The Balaban J connectivity index is 2.26. The van der Waals surface area contributed by atoms with Gasteiger partial charge >= 0.3 is 0 Å². The van der Waals surface area contributed by atoms with Crippen molar-refractivity contribution in [3.8, 4) is 17.3 Å². The van der Waals surface area contributed by atoms with E-state index in [1.807, 2.05) is 18.2 Å². The Morgan fingerprint density at radius 3 is 2.65 bits per heavy atom. The molecule has 0 saturated heterocycles. The smallest absolute Gasteiger partial charge is 0.0856 e. The van der Waals surface area contributed by atoms with Crippen LogP contribution < -0.4 is 0 Å². The minimum absolute atomic E-state index is 0.459. The standard InChI is InChI=1S/C17H14N2S/c1-12-6-5-9-14-15(12)17(20-11-10-18)16(19-14)13-7-3-2-4-8-13/h2-9,19H,11H2,1H3. The highest BCUT2D eigenvalue weighted by Crippen LogP contribution is 2.38. The number of aromatic amines is 1. The summed E-state index contributed by atoms with van der Waals surface area (Å²) in [6.45, 7) is 2.11. The summed E-state index contributed by atoms with van der Waals surface area (Å²) < 4.78 is 0. The average Bonchev–Trinajstić information content (AvgIpc) is 2.86. The van der Waals surface area contributed by atoms with Crippen LogP contribution in [-0.4, -0.2) is 10.7 Å². The van der Waals surface area contributed by atoms with Crippen molar-refractivity contribution in [2.75, 3.05) is 5.75 Å². The number of fused-ring (bicyclic) bond motifs is 1. The predicted octanol–water partition coefficient (Wildman–Crippen LogP) is 4.76. The Bertz CT molecular complexity index is 782. The highest BCUT2D eigenvalue weighted by molar-refractivity contribution is 7.99. The average molecular weight is 278 g/mol. The fraction of sp³-hybridized carbons (Fsp3) is 0.118. The van der Waals surface area contributed by atoms with Gasteiger partial charge in [-0.3, -0.25) is 0 Å². The topological polar surface area (TPSA) is 39.6 Å². The lowest BCUT2D eigenvalue weighted by Gasteiger charge is -2.03. The van der Waals surface area contributed by atoms with Crippen LogP contribution >= 0.6 is 11.8 Å². The molecule has 0 aliphatic rings. The van der Waals surface area contributed by atoms with E-state index in [9.17, 15) is 0 Å². The summed E-state index contributed by atoms with van der Waals surface area (Å²) in [6, 6.07) is 18.7. The number of nitrogens with zero attached hydrogens (tertiary/aromatic N) is 1. The van der Waals surface area contributed by atoms with Gasteiger partial charge in [-0.2, -0.15) is 5.26 Å². The van der Waals surface area contributed by atoms with Gasteiger partial charge in [-0.05, 0) is 24.1 Å². The predicted molar refractivity (Wildman–Crippen MR) is 84.8 cm³/mol. The molecule has 0 amide bonds. The Kier molecular flexibility index (Phi) is 3.49. The molecule has 0 unspecified atom stereocenters. The second-order valence-corrected chi connectivity index (χ2v) is 5.63. The van der Waals surface area contributed by atoms with E-state index in [0.29, 0.717) is 5.75 Å². The lowest BCUT2D eigenvalue weighted by Crippen LogP contribution is -1.81. The highest BCUT2D eigenvalue weighted by Gasteiger charge is 2.14. The van der Waals surface area contributed by atoms with Crippen LogP contribution in [0.3, 0.4) is 0 Å². The summed E-state index contributed by atoms with van der Waals surface area (Å²) in [5, 5.41) is 10.1. The molecular formula is C17H14N2S. The monoisotopic (exact) mass is 278 g/mol. The lowest BCUT2D eigenvalue weighted by atomic mass is 10.1. The minimum atomic E-state index is 0.459. The third-order valence-corrected chi connectivity index (χ3v) is 4.30. The fourth-order valence-corrected chi connectivity index (χ4v) is 3.38. The number of nitriles is 1. The van der Waals surface area contributed by atoms with Crippen LogP contribution in [-0.2, 0) is 0 Å². The minimum Gasteiger partial charge on any atom is -0.354 e. The van der Waals surface area contributed by atoms with E-state index in [1.165, 1.54) is 15.8 Å². The molecule has 2 aromatic carbocycles. The number of hydrogen-bond acceptors (Lipinski definition) is 2. The molecule has 0 saturated carbocycles. The number of aryl methyl sites for hydroxylation is 1. The van der Waals surface area contributed by atoms with Crippen molar-refractivity contribution in [1.29, 1.82) is 5.26 Å². The molecule has 1 heterocycles. The highest BCUT2D eigenvalue weighted by atomic mass is 32.2. The van der Waals surface area contributed by atoms with Gasteiger partial charge < -0.3 is 4.98 Å². The first kappa shape index (κ1) is 12.8. The molecule has 0 aliphatic heterocycles. The zero-order chi connectivity index (χ0) is 13.9. The van der Waals surface area contributed by atoms with E-state index in [0.717, 1.165) is 16.8 Å². The van der Waals surface area contributed by atoms with Gasteiger partial charge in [-0.25, -0.2) is 0 Å². The molecule has 98 valence electrons. The third kappa shape index (κ3) is 2.19. The normalized spacial score (nSPS) is 10.6. The summed E-state index contributed by atoms with van der Waals surface area (Å²) in [7, 11) is 0. The zero-order valence-corrected chi connectivity index (χ0v) is 12.0. The van der Waals surface area contributed by atoms with Crippen molar-refractivity contribution in [2.45, 2.75) is 11.8 Å². The maximum atomic E-state index is 8.89. The van der Waals surface area contributed by atoms with E-state index in [-0.39, 0.29) is 0 Å². The van der Waals surface area contributed by atoms with Crippen LogP contribution in [0.2, 0.25) is 0 Å². The molecule has 1 N–H and O–H groups in total. The second kappa shape index (κ2) is 5.44. The van der Waals surface area contributed by atoms with E-state index >= 15 is 0 Å². The molecular weight excluding hydrogens is 264 g/mol. The molecule has 2 nitrogen and oxygen atoms in total. The fourth-order valence-electron chi connectivity index (χ4n) is 2.45. The zero-order valence-electron chi connectivity index (χ0n) is 11.2. The van der Waals surface area contributed by atoms with Gasteiger partial charge in [0, 0.05) is 15.8 Å². The van der Waals surface area contributed by atoms with Crippen molar-refractivity contribution in [2.24, 2.45) is 0 Å². The molecule has 3 rings (SSSR count). The number of rotatable bonds is 3. The van der Waals surface area contributed by atoms with Crippen molar-refractivity contribution >= 4 is 22.7 Å². The van der Waals surface area contributed by atoms with Gasteiger partial charge in [-0.1, -0.05) is 42.5 Å². The Morgan fingerprint density at radius 1 is 1.10 bits per heavy atom. The Labute approximate surface area is 122 Å². The quantitative estimate of drug-likeness (QED) is 0.702. The lowest BCUT2D eigenvalue weighted by molar-refractivity contribution is 1.39. The van der Waals surface area contributed by atoms with Crippen LogP contribution in [0, 0.1) is 18.3 Å². The van der Waals surface area contributed by atoms with Crippen LogP contribution in [0.25, 0.3) is 22.2 Å². The number of nitrogens with one attached hydrogen (secondary N) is 1. The summed E-state index contributed by atoms with van der Waals surface area (Å²) in [4.78, 5) is 4.67. The number of thioether (sulfide) groups is 1. The van der Waals surface area contributed by atoms with Crippen LogP contribution in [0.1, 0.15) is 5.56 Å². The molecule has 0 fully saturated rings. The summed E-state index contributed by atoms with van der Waals surface area (Å²) in [6.07, 6.45) is 0. The van der Waals surface area contributed by atoms with Gasteiger partial charge in [0.25, 0.3) is 0 Å².